The monoisotopic (exact) mass is 358 g/mol. The first-order valence-electron chi connectivity index (χ1n) is 8.40. The third kappa shape index (κ3) is 3.93. The fourth-order valence-corrected chi connectivity index (χ4v) is 2.49. The van der Waals surface area contributed by atoms with Crippen molar-refractivity contribution in [3.8, 4) is 28.4 Å². The molecule has 140 valence electrons. The van der Waals surface area contributed by atoms with E-state index in [0.717, 1.165) is 16.7 Å². The van der Waals surface area contributed by atoms with Gasteiger partial charge in [0.05, 0.1) is 19.6 Å². The molecule has 0 aromatic heterocycles. The molecule has 5 heteroatoms. The van der Waals surface area contributed by atoms with Gasteiger partial charge in [0.1, 0.15) is 6.61 Å². The Kier molecular flexibility index (Phi) is 5.80. The second-order valence-electron chi connectivity index (χ2n) is 6.95. The average Bonchev–Trinajstić information content (AvgIpc) is 2.61. The number of aryl methyl sites for hydroxylation is 2. The van der Waals surface area contributed by atoms with Crippen LogP contribution in [0.1, 0.15) is 25.0 Å². The zero-order chi connectivity index (χ0) is 19.5. The minimum atomic E-state index is -1.03. The van der Waals surface area contributed by atoms with E-state index in [-0.39, 0.29) is 6.61 Å². The number of aliphatic carboxylic acids is 1. The maximum absolute atomic E-state index is 11.4. The molecule has 0 fully saturated rings. The minimum Gasteiger partial charge on any atom is -0.493 e. The molecule has 0 saturated heterocycles. The fourth-order valence-electron chi connectivity index (χ4n) is 2.49. The molecule has 0 aliphatic heterocycles. The summed E-state index contributed by atoms with van der Waals surface area (Å²) in [7, 11) is 3.09. The highest BCUT2D eigenvalue weighted by atomic mass is 16.5. The number of hydrogen-bond donors (Lipinski definition) is 1. The van der Waals surface area contributed by atoms with Crippen LogP contribution in [0.25, 0.3) is 11.1 Å². The summed E-state index contributed by atoms with van der Waals surface area (Å²) in [4.78, 5) is 11.4. The van der Waals surface area contributed by atoms with Crippen molar-refractivity contribution in [1.82, 2.24) is 0 Å². The zero-order valence-corrected chi connectivity index (χ0v) is 16.2. The Bertz CT molecular complexity index is 808. The SMILES string of the molecule is COc1ccc(-c2ccc(C)c(C)c2)c(OCC(C)(C)C(=O)O)c1OC. The van der Waals surface area contributed by atoms with Crippen molar-refractivity contribution in [3.63, 3.8) is 0 Å². The maximum Gasteiger partial charge on any atom is 0.312 e. The van der Waals surface area contributed by atoms with Crippen molar-refractivity contribution >= 4 is 5.97 Å². The number of carbonyl (C=O) groups is 1. The van der Waals surface area contributed by atoms with E-state index in [0.29, 0.717) is 17.2 Å². The second kappa shape index (κ2) is 7.68. The smallest absolute Gasteiger partial charge is 0.312 e. The first-order chi connectivity index (χ1) is 12.2. The van der Waals surface area contributed by atoms with Crippen LogP contribution in [-0.2, 0) is 4.79 Å². The highest BCUT2D eigenvalue weighted by molar-refractivity contribution is 5.77. The lowest BCUT2D eigenvalue weighted by Crippen LogP contribution is -2.30. The van der Waals surface area contributed by atoms with Gasteiger partial charge in [0.2, 0.25) is 5.75 Å². The Hall–Kier alpha value is -2.69. The first kappa shape index (κ1) is 19.6. The van der Waals surface area contributed by atoms with E-state index in [1.807, 2.05) is 31.2 Å². The Labute approximate surface area is 154 Å². The van der Waals surface area contributed by atoms with Gasteiger partial charge >= 0.3 is 5.97 Å². The van der Waals surface area contributed by atoms with Crippen molar-refractivity contribution in [2.45, 2.75) is 27.7 Å². The minimum absolute atomic E-state index is 0.00368. The van der Waals surface area contributed by atoms with Crippen LogP contribution in [0.15, 0.2) is 30.3 Å². The number of rotatable bonds is 7. The molecule has 0 spiro atoms. The molecule has 2 aromatic rings. The highest BCUT2D eigenvalue weighted by Gasteiger charge is 2.30. The zero-order valence-electron chi connectivity index (χ0n) is 16.2. The average molecular weight is 358 g/mol. The fraction of sp³-hybridized carbons (Fsp3) is 0.381. The molecular formula is C21H26O5. The van der Waals surface area contributed by atoms with Crippen LogP contribution in [0.5, 0.6) is 17.2 Å². The standard InChI is InChI=1S/C21H26O5/c1-13-7-8-15(11-14(13)2)16-9-10-17(24-5)19(25-6)18(16)26-12-21(3,4)20(22)23/h7-11H,12H2,1-6H3,(H,22,23). The lowest BCUT2D eigenvalue weighted by molar-refractivity contribution is -0.148. The summed E-state index contributed by atoms with van der Waals surface area (Å²) in [6, 6.07) is 9.85. The largest absolute Gasteiger partial charge is 0.493 e. The van der Waals surface area contributed by atoms with Gasteiger partial charge in [-0.3, -0.25) is 4.79 Å². The van der Waals surface area contributed by atoms with Crippen LogP contribution in [0, 0.1) is 19.3 Å². The lowest BCUT2D eigenvalue weighted by Gasteiger charge is -2.23. The second-order valence-corrected chi connectivity index (χ2v) is 6.95. The Morgan fingerprint density at radius 1 is 1.00 bits per heavy atom. The van der Waals surface area contributed by atoms with Gasteiger partial charge in [0, 0.05) is 5.56 Å². The summed E-state index contributed by atoms with van der Waals surface area (Å²) in [6.45, 7) is 7.35. The maximum atomic E-state index is 11.4. The molecular weight excluding hydrogens is 332 g/mol. The van der Waals surface area contributed by atoms with Crippen LogP contribution < -0.4 is 14.2 Å². The third-order valence-corrected chi connectivity index (χ3v) is 4.47. The first-order valence-corrected chi connectivity index (χ1v) is 8.40. The molecule has 1 N–H and O–H groups in total. The number of hydrogen-bond acceptors (Lipinski definition) is 4. The van der Waals surface area contributed by atoms with Crippen molar-refractivity contribution < 1.29 is 24.1 Å². The van der Waals surface area contributed by atoms with Crippen LogP contribution in [0.4, 0.5) is 0 Å². The normalized spacial score (nSPS) is 11.2. The summed E-state index contributed by atoms with van der Waals surface area (Å²) in [6.07, 6.45) is 0. The van der Waals surface area contributed by atoms with E-state index in [2.05, 4.69) is 13.0 Å². The van der Waals surface area contributed by atoms with Crippen LogP contribution in [0.3, 0.4) is 0 Å². The summed E-state index contributed by atoms with van der Waals surface area (Å²) >= 11 is 0. The predicted octanol–water partition coefficient (Wildman–Crippen LogP) is 4.48. The predicted molar refractivity (Wildman–Crippen MR) is 101 cm³/mol. The topological polar surface area (TPSA) is 65.0 Å². The summed E-state index contributed by atoms with van der Waals surface area (Å²) < 4.78 is 16.8. The van der Waals surface area contributed by atoms with Crippen LogP contribution >= 0.6 is 0 Å². The highest BCUT2D eigenvalue weighted by Crippen LogP contribution is 2.45. The molecule has 0 bridgehead atoms. The molecule has 5 nitrogen and oxygen atoms in total. The third-order valence-electron chi connectivity index (χ3n) is 4.47. The van der Waals surface area contributed by atoms with Gasteiger partial charge in [-0.05, 0) is 56.5 Å². The van der Waals surface area contributed by atoms with Gasteiger partial charge < -0.3 is 19.3 Å². The molecule has 2 rings (SSSR count). The molecule has 0 radical (unpaired) electrons. The summed E-state index contributed by atoms with van der Waals surface area (Å²) in [5.41, 5.74) is 3.12. The lowest BCUT2D eigenvalue weighted by atomic mass is 9.95. The van der Waals surface area contributed by atoms with Gasteiger partial charge in [-0.15, -0.1) is 0 Å². The molecule has 0 atom stereocenters. The van der Waals surface area contributed by atoms with E-state index < -0.39 is 11.4 Å². The van der Waals surface area contributed by atoms with E-state index in [4.69, 9.17) is 14.2 Å². The van der Waals surface area contributed by atoms with Crippen molar-refractivity contribution in [2.24, 2.45) is 5.41 Å². The number of carboxylic acid groups (broad SMARTS) is 1. The van der Waals surface area contributed by atoms with Gasteiger partial charge in [-0.25, -0.2) is 0 Å². The van der Waals surface area contributed by atoms with E-state index in [1.165, 1.54) is 12.7 Å². The van der Waals surface area contributed by atoms with Crippen molar-refractivity contribution in [1.29, 1.82) is 0 Å². The molecule has 26 heavy (non-hydrogen) atoms. The molecule has 0 aliphatic rings. The summed E-state index contributed by atoms with van der Waals surface area (Å²) in [5.74, 6) is 0.532. The van der Waals surface area contributed by atoms with Crippen molar-refractivity contribution in [2.75, 3.05) is 20.8 Å². The quantitative estimate of drug-likeness (QED) is 0.791. The van der Waals surface area contributed by atoms with Gasteiger partial charge in [0.15, 0.2) is 11.5 Å². The molecule has 2 aromatic carbocycles. The Balaban J connectivity index is 2.57. The van der Waals surface area contributed by atoms with Crippen LogP contribution in [-0.4, -0.2) is 31.9 Å². The van der Waals surface area contributed by atoms with E-state index in [9.17, 15) is 9.90 Å². The Morgan fingerprint density at radius 2 is 1.69 bits per heavy atom. The number of carboxylic acids is 1. The van der Waals surface area contributed by atoms with E-state index in [1.54, 1.807) is 21.0 Å². The molecule has 0 unspecified atom stereocenters. The molecule has 0 heterocycles. The molecule has 0 aliphatic carbocycles. The molecule has 0 amide bonds. The van der Waals surface area contributed by atoms with Crippen molar-refractivity contribution in [3.05, 3.63) is 41.5 Å². The Morgan fingerprint density at radius 3 is 2.23 bits per heavy atom. The van der Waals surface area contributed by atoms with Gasteiger partial charge in [-0.2, -0.15) is 0 Å². The van der Waals surface area contributed by atoms with Gasteiger partial charge in [0.25, 0.3) is 0 Å². The molecule has 0 saturated carbocycles. The number of benzene rings is 2. The van der Waals surface area contributed by atoms with E-state index >= 15 is 0 Å². The van der Waals surface area contributed by atoms with Gasteiger partial charge in [-0.1, -0.05) is 18.2 Å². The number of methoxy groups -OCH3 is 2. The summed E-state index contributed by atoms with van der Waals surface area (Å²) in [5, 5.41) is 9.36. The van der Waals surface area contributed by atoms with Crippen LogP contribution in [0.2, 0.25) is 0 Å². The number of ether oxygens (including phenoxy) is 3.